The minimum absolute atomic E-state index is 0. The molecular formula is F2Ge2MgO4. The predicted molar refractivity (Wildman–Crippen MR) is 20.9 cm³/mol. The van der Waals surface area contributed by atoms with Crippen LogP contribution in [0, 0.1) is 0 Å². The molecule has 0 heterocycles. The van der Waals surface area contributed by atoms with Gasteiger partial charge >= 0.3 is 76.0 Å². The quantitative estimate of drug-likeness (QED) is 0.442. The molecule has 0 aliphatic heterocycles. The maximum atomic E-state index is 10.1. The zero-order valence-electron chi connectivity index (χ0n) is 4.10. The Labute approximate surface area is 75.7 Å². The zero-order valence-corrected chi connectivity index (χ0v) is 9.71. The summed E-state index contributed by atoms with van der Waals surface area (Å²) in [5.74, 6) is 0. The molecule has 0 radical (unpaired) electrons. The Morgan fingerprint density at radius 3 is 1.00 bits per heavy atom. The molecule has 0 aromatic heterocycles. The van der Waals surface area contributed by atoms with Crippen LogP contribution in [-0.2, 0) is 7.56 Å². The monoisotopic (exact) mass is 274 g/mol. The summed E-state index contributed by atoms with van der Waals surface area (Å²) in [5, 5.41) is 0. The van der Waals surface area contributed by atoms with Crippen molar-refractivity contribution in [3.8, 4) is 0 Å². The van der Waals surface area contributed by atoms with Crippen molar-refractivity contribution in [2.75, 3.05) is 0 Å². The molecular weight excluding hydrogens is 272 g/mol. The third-order valence-corrected chi connectivity index (χ3v) is 0. The summed E-state index contributed by atoms with van der Waals surface area (Å²) in [7, 11) is 0. The molecule has 0 aromatic rings. The second-order valence-corrected chi connectivity index (χ2v) is 2.47. The van der Waals surface area contributed by atoms with Crippen molar-refractivity contribution < 1.29 is 22.8 Å². The van der Waals surface area contributed by atoms with E-state index in [2.05, 4.69) is 0 Å². The molecule has 0 rings (SSSR count). The van der Waals surface area contributed by atoms with Gasteiger partial charge in [-0.05, 0) is 0 Å². The van der Waals surface area contributed by atoms with Crippen molar-refractivity contribution in [3.63, 3.8) is 0 Å². The van der Waals surface area contributed by atoms with Crippen LogP contribution in [-0.4, -0.2) is 53.2 Å². The molecule has 4 nitrogen and oxygen atoms in total. The molecule has 0 saturated carbocycles. The number of hydrogen-bond donors (Lipinski definition) is 0. The van der Waals surface area contributed by atoms with Gasteiger partial charge in [-0.15, -0.1) is 0 Å². The molecule has 0 atom stereocenters. The van der Waals surface area contributed by atoms with E-state index in [1.165, 1.54) is 0 Å². The number of rotatable bonds is 0. The van der Waals surface area contributed by atoms with Gasteiger partial charge in [0.2, 0.25) is 0 Å². The maximum absolute atomic E-state index is 10.1. The molecule has 9 heavy (non-hydrogen) atoms. The van der Waals surface area contributed by atoms with Gasteiger partial charge in [0.25, 0.3) is 0 Å². The van der Waals surface area contributed by atoms with E-state index in [4.69, 9.17) is 15.8 Å². The molecule has 0 amide bonds. The van der Waals surface area contributed by atoms with E-state index < -0.39 is 30.2 Å². The van der Waals surface area contributed by atoms with Crippen LogP contribution in [0.4, 0.5) is 7.00 Å². The van der Waals surface area contributed by atoms with Gasteiger partial charge in [0.15, 0.2) is 0 Å². The molecule has 0 aliphatic carbocycles. The third kappa shape index (κ3) is 512. The standard InChI is InChI=1S/2FGeO2.Mg/c2*1-2(3)4;/q2*-1;+2. The fourth-order valence-electron chi connectivity index (χ4n) is 0. The van der Waals surface area contributed by atoms with E-state index in [0.29, 0.717) is 0 Å². The van der Waals surface area contributed by atoms with E-state index >= 15 is 0 Å². The average Bonchev–Trinajstić information content (AvgIpc) is 1.25. The van der Waals surface area contributed by atoms with Gasteiger partial charge in [-0.25, -0.2) is 0 Å². The molecule has 0 aromatic carbocycles. The van der Waals surface area contributed by atoms with Crippen LogP contribution in [0.3, 0.4) is 0 Å². The normalized spacial score (nSPS) is 5.56. The SMILES string of the molecule is [Mg+2].[O]=[Ge]([O-])[F].[O]=[Ge]([O-])[F]. The third-order valence-electron chi connectivity index (χ3n) is 0. The number of hydrogen-bond acceptors (Lipinski definition) is 4. The van der Waals surface area contributed by atoms with Crippen LogP contribution in [0.15, 0.2) is 0 Å². The fourth-order valence-corrected chi connectivity index (χ4v) is 0. The van der Waals surface area contributed by atoms with Gasteiger partial charge < -0.3 is 0 Å². The molecule has 0 aliphatic rings. The van der Waals surface area contributed by atoms with E-state index in [1.807, 2.05) is 0 Å². The van der Waals surface area contributed by atoms with E-state index in [-0.39, 0.29) is 23.1 Å². The molecule has 0 saturated heterocycles. The summed E-state index contributed by atoms with van der Waals surface area (Å²) in [4.78, 5) is 0. The van der Waals surface area contributed by atoms with Gasteiger partial charge in [0.05, 0.1) is 0 Å². The summed E-state index contributed by atoms with van der Waals surface area (Å²) in [6.45, 7) is 0. The molecule has 0 unspecified atom stereocenters. The first-order valence-corrected chi connectivity index (χ1v) is 6.21. The van der Waals surface area contributed by atoms with Crippen molar-refractivity contribution in [1.82, 2.24) is 0 Å². The van der Waals surface area contributed by atoms with Gasteiger partial charge in [-0.3, -0.25) is 0 Å². The predicted octanol–water partition coefficient (Wildman–Crippen LogP) is -2.92. The average molecular weight is 272 g/mol. The second-order valence-electron chi connectivity index (χ2n) is 0.475. The van der Waals surface area contributed by atoms with Crippen LogP contribution in [0.1, 0.15) is 0 Å². The Bertz CT molecular complexity index is 74.6. The molecule has 0 spiro atoms. The topological polar surface area (TPSA) is 80.3 Å². The molecule has 0 fully saturated rings. The fraction of sp³-hybridized carbons (Fsp3) is 0. The summed E-state index contributed by atoms with van der Waals surface area (Å²) in [5.41, 5.74) is 0. The first-order chi connectivity index (χ1) is 3.46. The molecule has 0 N–H and O–H groups in total. The van der Waals surface area contributed by atoms with Crippen LogP contribution in [0.5, 0.6) is 0 Å². The van der Waals surface area contributed by atoms with Gasteiger partial charge in [-0.2, -0.15) is 0 Å². The Hall–Kier alpha value is 0.912. The minimum atomic E-state index is -4.33. The van der Waals surface area contributed by atoms with Gasteiger partial charge in [0.1, 0.15) is 0 Å². The second kappa shape index (κ2) is 11.7. The van der Waals surface area contributed by atoms with Gasteiger partial charge in [-0.1, -0.05) is 0 Å². The van der Waals surface area contributed by atoms with Crippen molar-refractivity contribution >= 4 is 53.2 Å². The van der Waals surface area contributed by atoms with E-state index in [9.17, 15) is 7.00 Å². The van der Waals surface area contributed by atoms with Gasteiger partial charge in [0, 0.05) is 0 Å². The summed E-state index contributed by atoms with van der Waals surface area (Å²) >= 11 is -8.67. The molecule has 0 bridgehead atoms. The zero-order chi connectivity index (χ0) is 7.15. The van der Waals surface area contributed by atoms with Crippen molar-refractivity contribution in [2.24, 2.45) is 0 Å². The van der Waals surface area contributed by atoms with Crippen molar-refractivity contribution in [2.45, 2.75) is 0 Å². The van der Waals surface area contributed by atoms with Crippen LogP contribution < -0.4 is 8.27 Å². The first kappa shape index (κ1) is 16.5. The Balaban J connectivity index is -0.0000000720. The summed E-state index contributed by atoms with van der Waals surface area (Å²) in [6, 6.07) is 0. The molecule has 9 heteroatoms. The van der Waals surface area contributed by atoms with Crippen LogP contribution >= 0.6 is 0 Å². The molecule has 48 valence electrons. The van der Waals surface area contributed by atoms with Crippen LogP contribution in [0.2, 0.25) is 0 Å². The Morgan fingerprint density at radius 1 is 1.00 bits per heavy atom. The van der Waals surface area contributed by atoms with E-state index in [0.717, 1.165) is 0 Å². The Morgan fingerprint density at radius 2 is 1.00 bits per heavy atom. The Kier molecular flexibility index (Phi) is 21.4. The van der Waals surface area contributed by atoms with Crippen molar-refractivity contribution in [3.05, 3.63) is 0 Å². The summed E-state index contributed by atoms with van der Waals surface area (Å²) in [6.07, 6.45) is 0. The van der Waals surface area contributed by atoms with Crippen molar-refractivity contribution in [1.29, 1.82) is 0 Å². The van der Waals surface area contributed by atoms with Crippen LogP contribution in [0.25, 0.3) is 0 Å². The number of halogens is 2. The van der Waals surface area contributed by atoms with E-state index in [1.54, 1.807) is 0 Å². The first-order valence-electron chi connectivity index (χ1n) is 1.19. The summed E-state index contributed by atoms with van der Waals surface area (Å²) < 4.78 is 54.0.